The highest BCUT2D eigenvalue weighted by molar-refractivity contribution is 7.85. The summed E-state index contributed by atoms with van der Waals surface area (Å²) in [6.45, 7) is 2.59. The predicted octanol–water partition coefficient (Wildman–Crippen LogP) is 1.53. The lowest BCUT2D eigenvalue weighted by atomic mass is 9.95. The average molecular weight is 365 g/mol. The molecule has 1 aromatic rings. The molecule has 1 aromatic carbocycles. The molecule has 1 aliphatic rings. The standard InChI is InChI=1S/C18H28N4O2S/c1-3-25(24)16-6-4-5-15(11-16)22-18(20-2)21-12-13-7-9-14(10-8-13)17(19)23/h7-10,15-16H,3-6,11-12H2,1-2H3,(H2,19,23)(H2,20,21,22). The van der Waals surface area contributed by atoms with Crippen LogP contribution in [0.25, 0.3) is 0 Å². The second kappa shape index (κ2) is 9.56. The third kappa shape index (κ3) is 5.85. The Kier molecular flexibility index (Phi) is 7.43. The van der Waals surface area contributed by atoms with Crippen LogP contribution in [0, 0.1) is 0 Å². The summed E-state index contributed by atoms with van der Waals surface area (Å²) in [5, 5.41) is 7.02. The van der Waals surface area contributed by atoms with Crippen molar-refractivity contribution in [3.8, 4) is 0 Å². The van der Waals surface area contributed by atoms with Crippen molar-refractivity contribution in [3.63, 3.8) is 0 Å². The molecule has 0 bridgehead atoms. The minimum Gasteiger partial charge on any atom is -0.366 e. The molecule has 0 aromatic heterocycles. The van der Waals surface area contributed by atoms with E-state index in [1.807, 2.05) is 19.1 Å². The molecule has 0 spiro atoms. The Morgan fingerprint density at radius 3 is 2.64 bits per heavy atom. The summed E-state index contributed by atoms with van der Waals surface area (Å²) in [4.78, 5) is 15.4. The van der Waals surface area contributed by atoms with E-state index in [-0.39, 0.29) is 5.25 Å². The lowest BCUT2D eigenvalue weighted by Crippen LogP contribution is -2.46. The van der Waals surface area contributed by atoms with Gasteiger partial charge in [0.25, 0.3) is 0 Å². The third-order valence-electron chi connectivity index (χ3n) is 4.55. The fraction of sp³-hybridized carbons (Fsp3) is 0.556. The minimum atomic E-state index is -0.729. The molecule has 0 radical (unpaired) electrons. The van der Waals surface area contributed by atoms with Crippen molar-refractivity contribution in [1.82, 2.24) is 10.6 Å². The Morgan fingerprint density at radius 2 is 2.04 bits per heavy atom. The molecule has 6 nitrogen and oxygen atoms in total. The number of hydrogen-bond donors (Lipinski definition) is 3. The van der Waals surface area contributed by atoms with Gasteiger partial charge in [0.1, 0.15) is 0 Å². The monoisotopic (exact) mass is 364 g/mol. The molecule has 138 valence electrons. The number of amides is 1. The Morgan fingerprint density at radius 1 is 1.32 bits per heavy atom. The maximum absolute atomic E-state index is 12.1. The number of nitrogens with two attached hydrogens (primary N) is 1. The lowest BCUT2D eigenvalue weighted by molar-refractivity contribution is 0.100. The fourth-order valence-electron chi connectivity index (χ4n) is 3.11. The molecule has 0 heterocycles. The van der Waals surface area contributed by atoms with Gasteiger partial charge in [-0.15, -0.1) is 0 Å². The van der Waals surface area contributed by atoms with E-state index in [0.29, 0.717) is 18.2 Å². The van der Waals surface area contributed by atoms with E-state index in [4.69, 9.17) is 5.73 Å². The zero-order valence-corrected chi connectivity index (χ0v) is 15.8. The van der Waals surface area contributed by atoms with Crippen LogP contribution in [0.15, 0.2) is 29.3 Å². The van der Waals surface area contributed by atoms with Crippen LogP contribution >= 0.6 is 0 Å². The molecule has 2 rings (SSSR count). The number of guanidine groups is 1. The average Bonchev–Trinajstić information content (AvgIpc) is 2.64. The van der Waals surface area contributed by atoms with E-state index in [9.17, 15) is 9.00 Å². The first-order chi connectivity index (χ1) is 12.0. The first kappa shape index (κ1) is 19.4. The summed E-state index contributed by atoms with van der Waals surface area (Å²) in [7, 11) is 1.02. The first-order valence-electron chi connectivity index (χ1n) is 8.76. The quantitative estimate of drug-likeness (QED) is 0.527. The Labute approximate surface area is 152 Å². The molecule has 3 atom stereocenters. The van der Waals surface area contributed by atoms with E-state index in [0.717, 1.165) is 43.0 Å². The zero-order valence-electron chi connectivity index (χ0n) is 15.0. The molecule has 7 heteroatoms. The Hall–Kier alpha value is -1.89. The number of rotatable bonds is 6. The lowest BCUT2D eigenvalue weighted by Gasteiger charge is -2.30. The SMILES string of the molecule is CCS(=O)C1CCCC(NC(=NC)NCc2ccc(C(N)=O)cc2)C1. The number of primary amides is 1. The molecule has 1 fully saturated rings. The van der Waals surface area contributed by atoms with Crippen LogP contribution < -0.4 is 16.4 Å². The summed E-state index contributed by atoms with van der Waals surface area (Å²) < 4.78 is 12.1. The smallest absolute Gasteiger partial charge is 0.248 e. The fourth-order valence-corrected chi connectivity index (χ4v) is 4.46. The topological polar surface area (TPSA) is 96.6 Å². The summed E-state index contributed by atoms with van der Waals surface area (Å²) in [6, 6.07) is 7.50. The van der Waals surface area contributed by atoms with Gasteiger partial charge >= 0.3 is 0 Å². The van der Waals surface area contributed by atoms with E-state index in [1.165, 1.54) is 0 Å². The highest BCUT2D eigenvalue weighted by Crippen LogP contribution is 2.22. The third-order valence-corrected chi connectivity index (χ3v) is 6.29. The number of carbonyl (C=O) groups excluding carboxylic acids is 1. The molecule has 0 aliphatic heterocycles. The first-order valence-corrected chi connectivity index (χ1v) is 10.1. The number of nitrogens with one attached hydrogen (secondary N) is 2. The summed E-state index contributed by atoms with van der Waals surface area (Å²) in [6.07, 6.45) is 4.15. The normalized spacial score (nSPS) is 22.2. The van der Waals surface area contributed by atoms with Crippen molar-refractivity contribution in [2.45, 2.75) is 50.4 Å². The van der Waals surface area contributed by atoms with Crippen molar-refractivity contribution in [2.24, 2.45) is 10.7 Å². The number of hydrogen-bond acceptors (Lipinski definition) is 3. The number of nitrogens with zero attached hydrogens (tertiary/aromatic N) is 1. The second-order valence-electron chi connectivity index (χ2n) is 6.29. The van der Waals surface area contributed by atoms with E-state index in [1.54, 1.807) is 19.2 Å². The van der Waals surface area contributed by atoms with Gasteiger partial charge in [0.05, 0.1) is 0 Å². The van der Waals surface area contributed by atoms with Crippen LogP contribution in [0.1, 0.15) is 48.5 Å². The van der Waals surface area contributed by atoms with Crippen molar-refractivity contribution in [2.75, 3.05) is 12.8 Å². The molecule has 1 aliphatic carbocycles. The summed E-state index contributed by atoms with van der Waals surface area (Å²) in [5.41, 5.74) is 6.80. The molecule has 0 saturated heterocycles. The summed E-state index contributed by atoms with van der Waals surface area (Å²) in [5.74, 6) is 1.05. The zero-order chi connectivity index (χ0) is 18.2. The second-order valence-corrected chi connectivity index (χ2v) is 8.29. The van der Waals surface area contributed by atoms with Gasteiger partial charge in [-0.3, -0.25) is 14.0 Å². The Balaban J connectivity index is 1.86. The van der Waals surface area contributed by atoms with Gasteiger partial charge in [-0.05, 0) is 37.0 Å². The van der Waals surface area contributed by atoms with Crippen LogP contribution in [0.4, 0.5) is 0 Å². The van der Waals surface area contributed by atoms with Gasteiger partial charge in [0.2, 0.25) is 5.91 Å². The molecule has 4 N–H and O–H groups in total. The van der Waals surface area contributed by atoms with Crippen LogP contribution in [0.3, 0.4) is 0 Å². The number of carbonyl (C=O) groups is 1. The van der Waals surface area contributed by atoms with Crippen LogP contribution in [-0.4, -0.2) is 40.2 Å². The largest absolute Gasteiger partial charge is 0.366 e. The van der Waals surface area contributed by atoms with Crippen molar-refractivity contribution in [1.29, 1.82) is 0 Å². The number of benzene rings is 1. The van der Waals surface area contributed by atoms with Crippen molar-refractivity contribution >= 4 is 22.7 Å². The summed E-state index contributed by atoms with van der Waals surface area (Å²) >= 11 is 0. The molecule has 3 unspecified atom stereocenters. The van der Waals surface area contributed by atoms with Gasteiger partial charge in [0, 0.05) is 47.0 Å². The van der Waals surface area contributed by atoms with Crippen LogP contribution in [-0.2, 0) is 17.3 Å². The van der Waals surface area contributed by atoms with E-state index >= 15 is 0 Å². The van der Waals surface area contributed by atoms with Gasteiger partial charge in [-0.25, -0.2) is 0 Å². The van der Waals surface area contributed by atoms with Crippen LogP contribution in [0.5, 0.6) is 0 Å². The molecule has 25 heavy (non-hydrogen) atoms. The molecular weight excluding hydrogens is 336 g/mol. The molecular formula is C18H28N4O2S. The molecule has 1 saturated carbocycles. The van der Waals surface area contributed by atoms with Crippen molar-refractivity contribution in [3.05, 3.63) is 35.4 Å². The van der Waals surface area contributed by atoms with Gasteiger partial charge in [-0.1, -0.05) is 25.5 Å². The highest BCUT2D eigenvalue weighted by atomic mass is 32.2. The van der Waals surface area contributed by atoms with E-state index < -0.39 is 16.7 Å². The highest BCUT2D eigenvalue weighted by Gasteiger charge is 2.25. The number of aliphatic imine (C=N–C) groups is 1. The molecule has 1 amide bonds. The predicted molar refractivity (Wildman–Crippen MR) is 103 cm³/mol. The van der Waals surface area contributed by atoms with E-state index in [2.05, 4.69) is 15.6 Å². The van der Waals surface area contributed by atoms with Crippen molar-refractivity contribution < 1.29 is 9.00 Å². The van der Waals surface area contributed by atoms with Crippen LogP contribution in [0.2, 0.25) is 0 Å². The van der Waals surface area contributed by atoms with Gasteiger partial charge in [-0.2, -0.15) is 0 Å². The maximum Gasteiger partial charge on any atom is 0.248 e. The maximum atomic E-state index is 12.1. The minimum absolute atomic E-state index is 0.288. The Bertz CT molecular complexity index is 630. The van der Waals surface area contributed by atoms with Gasteiger partial charge in [0.15, 0.2) is 5.96 Å². The van der Waals surface area contributed by atoms with Gasteiger partial charge < -0.3 is 16.4 Å².